The highest BCUT2D eigenvalue weighted by atomic mass is 32.2. The average molecular weight is 440 g/mol. The zero-order chi connectivity index (χ0) is 22.4. The van der Waals surface area contributed by atoms with Gasteiger partial charge in [0.25, 0.3) is 0 Å². The molecule has 0 fully saturated rings. The molecule has 0 aromatic heterocycles. The first kappa shape index (κ1) is 22.3. The Kier molecular flexibility index (Phi) is 6.94. The molecule has 0 spiro atoms. The molecule has 2 N–H and O–H groups in total. The third-order valence-corrected chi connectivity index (χ3v) is 6.22. The van der Waals surface area contributed by atoms with E-state index in [0.29, 0.717) is 17.0 Å². The van der Waals surface area contributed by atoms with E-state index in [1.807, 2.05) is 54.6 Å². The lowest BCUT2D eigenvalue weighted by Crippen LogP contribution is -2.30. The topological polar surface area (TPSA) is 87.7 Å². The summed E-state index contributed by atoms with van der Waals surface area (Å²) in [6.45, 7) is 1.80. The van der Waals surface area contributed by atoms with Crippen LogP contribution in [-0.2, 0) is 14.8 Å². The molecule has 7 nitrogen and oxygen atoms in total. The molecule has 0 heterocycles. The van der Waals surface area contributed by atoms with Crippen LogP contribution in [0.15, 0.2) is 77.7 Å². The van der Waals surface area contributed by atoms with E-state index < -0.39 is 10.0 Å². The maximum absolute atomic E-state index is 12.5. The van der Waals surface area contributed by atoms with Crippen molar-refractivity contribution in [1.82, 2.24) is 4.72 Å². The molecule has 0 bridgehead atoms. The summed E-state index contributed by atoms with van der Waals surface area (Å²) in [4.78, 5) is 14.4. The number of ether oxygens (including phenoxy) is 1. The molecule has 0 aliphatic heterocycles. The van der Waals surface area contributed by atoms with Crippen molar-refractivity contribution in [1.29, 1.82) is 0 Å². The highest BCUT2D eigenvalue weighted by Crippen LogP contribution is 2.24. The monoisotopic (exact) mass is 439 g/mol. The van der Waals surface area contributed by atoms with E-state index in [1.165, 1.54) is 13.1 Å². The Hall–Kier alpha value is -3.36. The molecule has 0 saturated carbocycles. The minimum atomic E-state index is -3.60. The minimum Gasteiger partial charge on any atom is -0.457 e. The van der Waals surface area contributed by atoms with Crippen LogP contribution in [0.4, 0.5) is 11.4 Å². The van der Waals surface area contributed by atoms with Crippen molar-refractivity contribution in [3.05, 3.63) is 78.4 Å². The molecule has 3 aromatic rings. The SMILES string of the molecule is CNS(=O)(=O)c1cc(NC(=O)CN(C)c2ccc(Oc3ccccc3)cc2)ccc1C. The number of likely N-dealkylation sites (N-methyl/N-ethyl adjacent to an activating group) is 1. The number of sulfonamides is 1. The summed E-state index contributed by atoms with van der Waals surface area (Å²) in [5, 5.41) is 2.75. The molecule has 0 unspecified atom stereocenters. The summed E-state index contributed by atoms with van der Waals surface area (Å²) in [5.74, 6) is 1.19. The number of hydrogen-bond donors (Lipinski definition) is 2. The van der Waals surface area contributed by atoms with Crippen LogP contribution in [0.1, 0.15) is 5.56 Å². The second-order valence-electron chi connectivity index (χ2n) is 7.00. The van der Waals surface area contributed by atoms with Gasteiger partial charge in [-0.1, -0.05) is 24.3 Å². The first-order valence-electron chi connectivity index (χ1n) is 9.66. The van der Waals surface area contributed by atoms with E-state index in [0.717, 1.165) is 11.4 Å². The smallest absolute Gasteiger partial charge is 0.243 e. The molecule has 8 heteroatoms. The Morgan fingerprint density at radius 3 is 2.26 bits per heavy atom. The Bertz CT molecular complexity index is 1150. The number of rotatable bonds is 8. The molecule has 0 radical (unpaired) electrons. The Morgan fingerprint density at radius 2 is 1.61 bits per heavy atom. The third-order valence-electron chi connectivity index (χ3n) is 4.67. The van der Waals surface area contributed by atoms with E-state index in [2.05, 4.69) is 10.0 Å². The van der Waals surface area contributed by atoms with E-state index in [-0.39, 0.29) is 17.3 Å². The number of para-hydroxylation sites is 1. The van der Waals surface area contributed by atoms with Crippen LogP contribution >= 0.6 is 0 Å². The number of amides is 1. The summed E-state index contributed by atoms with van der Waals surface area (Å²) >= 11 is 0. The fourth-order valence-electron chi connectivity index (χ4n) is 2.98. The van der Waals surface area contributed by atoms with Gasteiger partial charge < -0.3 is 15.0 Å². The third kappa shape index (κ3) is 5.84. The number of nitrogens with one attached hydrogen (secondary N) is 2. The van der Waals surface area contributed by atoms with Crippen molar-refractivity contribution in [2.45, 2.75) is 11.8 Å². The van der Waals surface area contributed by atoms with Gasteiger partial charge in [-0.25, -0.2) is 13.1 Å². The average Bonchev–Trinajstić information content (AvgIpc) is 2.76. The van der Waals surface area contributed by atoms with Gasteiger partial charge in [0.1, 0.15) is 11.5 Å². The molecule has 0 atom stereocenters. The van der Waals surface area contributed by atoms with Gasteiger partial charge in [-0.15, -0.1) is 0 Å². The lowest BCUT2D eigenvalue weighted by atomic mass is 10.2. The highest BCUT2D eigenvalue weighted by molar-refractivity contribution is 7.89. The van der Waals surface area contributed by atoms with Gasteiger partial charge in [-0.2, -0.15) is 0 Å². The highest BCUT2D eigenvalue weighted by Gasteiger charge is 2.16. The second kappa shape index (κ2) is 9.63. The summed E-state index contributed by atoms with van der Waals surface area (Å²) < 4.78 is 32.3. The van der Waals surface area contributed by atoms with Crippen LogP contribution in [0.2, 0.25) is 0 Å². The molecule has 3 aromatic carbocycles. The summed E-state index contributed by atoms with van der Waals surface area (Å²) in [7, 11) is -0.447. The van der Waals surface area contributed by atoms with Crippen molar-refractivity contribution in [2.24, 2.45) is 0 Å². The van der Waals surface area contributed by atoms with E-state index in [9.17, 15) is 13.2 Å². The van der Waals surface area contributed by atoms with E-state index >= 15 is 0 Å². The lowest BCUT2D eigenvalue weighted by Gasteiger charge is -2.19. The molecule has 0 aliphatic carbocycles. The summed E-state index contributed by atoms with van der Waals surface area (Å²) in [6.07, 6.45) is 0. The van der Waals surface area contributed by atoms with Crippen molar-refractivity contribution >= 4 is 27.3 Å². The van der Waals surface area contributed by atoms with Crippen LogP contribution in [-0.4, -0.2) is 35.0 Å². The summed E-state index contributed by atoms with van der Waals surface area (Å²) in [6, 6.07) is 21.7. The van der Waals surface area contributed by atoms with Crippen molar-refractivity contribution < 1.29 is 17.9 Å². The number of benzene rings is 3. The second-order valence-corrected chi connectivity index (χ2v) is 8.86. The van der Waals surface area contributed by atoms with Crippen LogP contribution < -0.4 is 19.7 Å². The lowest BCUT2D eigenvalue weighted by molar-refractivity contribution is -0.114. The van der Waals surface area contributed by atoms with Gasteiger partial charge in [0.05, 0.1) is 11.4 Å². The van der Waals surface area contributed by atoms with Gasteiger partial charge in [0, 0.05) is 18.4 Å². The van der Waals surface area contributed by atoms with Crippen molar-refractivity contribution in [3.63, 3.8) is 0 Å². The van der Waals surface area contributed by atoms with Gasteiger partial charge in [-0.05, 0) is 68.1 Å². The number of carbonyl (C=O) groups is 1. The standard InChI is InChI=1S/C23H25N3O4S/c1-17-9-10-18(15-22(17)31(28,29)24-2)25-23(27)16-26(3)19-11-13-21(14-12-19)30-20-7-5-4-6-8-20/h4-15,24H,16H2,1-3H3,(H,25,27). The van der Waals surface area contributed by atoms with Gasteiger partial charge in [0.2, 0.25) is 15.9 Å². The number of carbonyl (C=O) groups excluding carboxylic acids is 1. The molecule has 0 saturated heterocycles. The maximum atomic E-state index is 12.5. The van der Waals surface area contributed by atoms with Crippen LogP contribution in [0.5, 0.6) is 11.5 Å². The predicted octanol–water partition coefficient (Wildman–Crippen LogP) is 3.77. The minimum absolute atomic E-state index is 0.0981. The number of anilines is 2. The maximum Gasteiger partial charge on any atom is 0.243 e. The van der Waals surface area contributed by atoms with Crippen molar-refractivity contribution in [2.75, 3.05) is 30.9 Å². The Morgan fingerprint density at radius 1 is 0.968 bits per heavy atom. The molecular formula is C23H25N3O4S. The van der Waals surface area contributed by atoms with E-state index in [1.54, 1.807) is 31.0 Å². The Balaban J connectivity index is 1.62. The van der Waals surface area contributed by atoms with Gasteiger partial charge in [-0.3, -0.25) is 4.79 Å². The van der Waals surface area contributed by atoms with Crippen LogP contribution in [0.25, 0.3) is 0 Å². The number of aryl methyl sites for hydroxylation is 1. The van der Waals surface area contributed by atoms with E-state index in [4.69, 9.17) is 4.74 Å². The fourth-order valence-corrected chi connectivity index (χ4v) is 3.97. The normalized spacial score (nSPS) is 11.1. The zero-order valence-corrected chi connectivity index (χ0v) is 18.4. The first-order valence-corrected chi connectivity index (χ1v) is 11.1. The largest absolute Gasteiger partial charge is 0.457 e. The zero-order valence-electron chi connectivity index (χ0n) is 17.6. The molecule has 1 amide bonds. The Labute approximate surface area is 182 Å². The first-order chi connectivity index (χ1) is 14.8. The number of hydrogen-bond acceptors (Lipinski definition) is 5. The molecule has 0 aliphatic rings. The van der Waals surface area contributed by atoms with Gasteiger partial charge >= 0.3 is 0 Å². The summed E-state index contributed by atoms with van der Waals surface area (Å²) in [5.41, 5.74) is 1.87. The molecule has 3 rings (SSSR count). The van der Waals surface area contributed by atoms with Crippen LogP contribution in [0, 0.1) is 6.92 Å². The predicted molar refractivity (Wildman–Crippen MR) is 122 cm³/mol. The fraction of sp³-hybridized carbons (Fsp3) is 0.174. The van der Waals surface area contributed by atoms with Gasteiger partial charge in [0.15, 0.2) is 0 Å². The van der Waals surface area contributed by atoms with Crippen molar-refractivity contribution in [3.8, 4) is 11.5 Å². The molecule has 31 heavy (non-hydrogen) atoms. The molecule has 162 valence electrons. The number of nitrogens with zero attached hydrogens (tertiary/aromatic N) is 1. The van der Waals surface area contributed by atoms with Crippen LogP contribution in [0.3, 0.4) is 0 Å². The quantitative estimate of drug-likeness (QED) is 0.558. The molecular weight excluding hydrogens is 414 g/mol.